The van der Waals surface area contributed by atoms with Crippen LogP contribution in [0.5, 0.6) is 0 Å². The SMILES string of the molecule is CCN(CC)c1ccc(-c2nc3cc(B(O)O)ccc3n2Cc2ccn(CC)n2)cn1. The topological polar surface area (TPSA) is 92.2 Å². The summed E-state index contributed by atoms with van der Waals surface area (Å²) >= 11 is 0. The lowest BCUT2D eigenvalue weighted by Crippen LogP contribution is -2.29. The Balaban J connectivity index is 1.80. The van der Waals surface area contributed by atoms with Crippen molar-refractivity contribution < 1.29 is 10.0 Å². The van der Waals surface area contributed by atoms with Crippen LogP contribution in [0.4, 0.5) is 5.82 Å². The van der Waals surface area contributed by atoms with Crippen molar-refractivity contribution in [2.45, 2.75) is 33.9 Å². The molecule has 0 atom stereocenters. The largest absolute Gasteiger partial charge is 0.488 e. The maximum absolute atomic E-state index is 9.56. The predicted molar refractivity (Wildman–Crippen MR) is 123 cm³/mol. The molecule has 0 bridgehead atoms. The van der Waals surface area contributed by atoms with Crippen molar-refractivity contribution in [3.63, 3.8) is 0 Å². The van der Waals surface area contributed by atoms with Crippen molar-refractivity contribution in [1.29, 1.82) is 0 Å². The van der Waals surface area contributed by atoms with Crippen LogP contribution in [0.3, 0.4) is 0 Å². The third-order valence-corrected chi connectivity index (χ3v) is 5.50. The van der Waals surface area contributed by atoms with Crippen molar-refractivity contribution >= 4 is 29.4 Å². The molecule has 31 heavy (non-hydrogen) atoms. The molecular weight excluding hydrogens is 391 g/mol. The van der Waals surface area contributed by atoms with Gasteiger partial charge in [-0.25, -0.2) is 9.97 Å². The van der Waals surface area contributed by atoms with Crippen LogP contribution in [0.25, 0.3) is 22.4 Å². The van der Waals surface area contributed by atoms with Gasteiger partial charge in [-0.05, 0) is 56.6 Å². The third-order valence-electron chi connectivity index (χ3n) is 5.50. The summed E-state index contributed by atoms with van der Waals surface area (Å²) in [5.41, 5.74) is 3.84. The first-order valence-corrected chi connectivity index (χ1v) is 10.6. The first-order chi connectivity index (χ1) is 15.0. The molecular formula is C22H27BN6O2. The molecule has 2 N–H and O–H groups in total. The van der Waals surface area contributed by atoms with E-state index in [0.29, 0.717) is 17.5 Å². The Morgan fingerprint density at radius 2 is 1.84 bits per heavy atom. The number of imidazole rings is 1. The van der Waals surface area contributed by atoms with Gasteiger partial charge in [0.25, 0.3) is 0 Å². The maximum Gasteiger partial charge on any atom is 0.488 e. The third kappa shape index (κ3) is 4.19. The molecule has 0 spiro atoms. The second kappa shape index (κ2) is 8.91. The van der Waals surface area contributed by atoms with Crippen molar-refractivity contribution in [2.24, 2.45) is 0 Å². The van der Waals surface area contributed by atoms with Gasteiger partial charge in [0.15, 0.2) is 0 Å². The van der Waals surface area contributed by atoms with Crippen LogP contribution in [0.2, 0.25) is 0 Å². The molecule has 160 valence electrons. The summed E-state index contributed by atoms with van der Waals surface area (Å²) in [6.45, 7) is 9.44. The maximum atomic E-state index is 9.56. The summed E-state index contributed by atoms with van der Waals surface area (Å²) in [6.07, 6.45) is 3.81. The number of benzene rings is 1. The number of aromatic nitrogens is 5. The van der Waals surface area contributed by atoms with Gasteiger partial charge in [0.2, 0.25) is 0 Å². The van der Waals surface area contributed by atoms with E-state index in [2.05, 4.69) is 40.3 Å². The van der Waals surface area contributed by atoms with Crippen molar-refractivity contribution in [3.05, 3.63) is 54.5 Å². The van der Waals surface area contributed by atoms with Crippen LogP contribution in [-0.2, 0) is 13.1 Å². The van der Waals surface area contributed by atoms with Crippen LogP contribution in [0, 0.1) is 0 Å². The molecule has 1 aromatic carbocycles. The van der Waals surface area contributed by atoms with E-state index in [1.165, 1.54) is 0 Å². The fraction of sp³-hybridized carbons (Fsp3) is 0.318. The Labute approximate surface area is 181 Å². The monoisotopic (exact) mass is 418 g/mol. The summed E-state index contributed by atoms with van der Waals surface area (Å²) in [6, 6.07) is 11.3. The average Bonchev–Trinajstić information content (AvgIpc) is 3.39. The van der Waals surface area contributed by atoms with Crippen LogP contribution < -0.4 is 10.4 Å². The second-order valence-corrected chi connectivity index (χ2v) is 7.38. The standard InChI is InChI=1S/C22H27BN6O2/c1-4-27(5-2)21-10-7-16(14-24-21)22-25-19-13-17(23(30)31)8-9-20(19)29(22)15-18-11-12-28(6-3)26-18/h7-14,30-31H,4-6,15H2,1-3H3. The highest BCUT2D eigenvalue weighted by Crippen LogP contribution is 2.26. The quantitative estimate of drug-likeness (QED) is 0.425. The molecule has 0 aliphatic rings. The van der Waals surface area contributed by atoms with E-state index in [1.54, 1.807) is 12.1 Å². The van der Waals surface area contributed by atoms with E-state index in [-0.39, 0.29) is 0 Å². The minimum Gasteiger partial charge on any atom is -0.423 e. The number of nitrogens with zero attached hydrogens (tertiary/aromatic N) is 6. The summed E-state index contributed by atoms with van der Waals surface area (Å²) in [5, 5.41) is 23.7. The molecule has 4 rings (SSSR count). The first kappa shape index (κ1) is 21.1. The molecule has 0 unspecified atom stereocenters. The second-order valence-electron chi connectivity index (χ2n) is 7.38. The highest BCUT2D eigenvalue weighted by Gasteiger charge is 2.18. The van der Waals surface area contributed by atoms with Gasteiger partial charge in [-0.15, -0.1) is 0 Å². The van der Waals surface area contributed by atoms with Crippen molar-refractivity contribution in [1.82, 2.24) is 24.3 Å². The summed E-state index contributed by atoms with van der Waals surface area (Å²) in [5.74, 6) is 1.70. The zero-order valence-corrected chi connectivity index (χ0v) is 18.1. The van der Waals surface area contributed by atoms with Crippen molar-refractivity contribution in [2.75, 3.05) is 18.0 Å². The van der Waals surface area contributed by atoms with Crippen molar-refractivity contribution in [3.8, 4) is 11.4 Å². The molecule has 4 aromatic rings. The molecule has 0 aliphatic carbocycles. The Bertz CT molecular complexity index is 1160. The van der Waals surface area contributed by atoms with Gasteiger partial charge in [0, 0.05) is 37.6 Å². The Morgan fingerprint density at radius 3 is 2.45 bits per heavy atom. The molecule has 8 nitrogen and oxygen atoms in total. The van der Waals surface area contributed by atoms with Gasteiger partial charge in [0.1, 0.15) is 11.6 Å². The smallest absolute Gasteiger partial charge is 0.423 e. The van der Waals surface area contributed by atoms with Gasteiger partial charge in [-0.2, -0.15) is 5.10 Å². The minimum atomic E-state index is -1.53. The highest BCUT2D eigenvalue weighted by atomic mass is 16.4. The number of fused-ring (bicyclic) bond motifs is 1. The fourth-order valence-electron chi connectivity index (χ4n) is 3.77. The van der Waals surface area contributed by atoms with Crippen LogP contribution in [0.1, 0.15) is 26.5 Å². The van der Waals surface area contributed by atoms with Crippen LogP contribution in [-0.4, -0.2) is 54.6 Å². The molecule has 9 heteroatoms. The van der Waals surface area contributed by atoms with E-state index in [0.717, 1.165) is 48.1 Å². The first-order valence-electron chi connectivity index (χ1n) is 10.6. The zero-order chi connectivity index (χ0) is 22.0. The Hall–Kier alpha value is -3.17. The lowest BCUT2D eigenvalue weighted by Gasteiger charge is -2.19. The van der Waals surface area contributed by atoms with Gasteiger partial charge in [-0.1, -0.05) is 6.07 Å². The lowest BCUT2D eigenvalue weighted by molar-refractivity contribution is 0.426. The summed E-state index contributed by atoms with van der Waals surface area (Å²) < 4.78 is 3.99. The van der Waals surface area contributed by atoms with Gasteiger partial charge in [0.05, 0.1) is 23.3 Å². The summed E-state index contributed by atoms with van der Waals surface area (Å²) in [4.78, 5) is 11.7. The molecule has 0 saturated heterocycles. The number of hydrogen-bond donors (Lipinski definition) is 2. The highest BCUT2D eigenvalue weighted by molar-refractivity contribution is 6.58. The van der Waals surface area contributed by atoms with Crippen LogP contribution in [0.15, 0.2) is 48.8 Å². The minimum absolute atomic E-state index is 0.411. The number of hydrogen-bond acceptors (Lipinski definition) is 6. The number of pyridine rings is 1. The number of aryl methyl sites for hydroxylation is 1. The van der Waals surface area contributed by atoms with Gasteiger partial charge >= 0.3 is 7.12 Å². The molecule has 0 amide bonds. The Kier molecular flexibility index (Phi) is 6.06. The molecule has 0 radical (unpaired) electrons. The van der Waals surface area contributed by atoms with E-state index >= 15 is 0 Å². The van der Waals surface area contributed by atoms with Crippen LogP contribution >= 0.6 is 0 Å². The van der Waals surface area contributed by atoms with E-state index in [1.807, 2.05) is 41.3 Å². The molecule has 3 aromatic heterocycles. The number of rotatable bonds is 8. The van der Waals surface area contributed by atoms with E-state index < -0.39 is 7.12 Å². The number of anilines is 1. The molecule has 3 heterocycles. The molecule has 0 aliphatic heterocycles. The Morgan fingerprint density at radius 1 is 1.03 bits per heavy atom. The predicted octanol–water partition coefficient (Wildman–Crippen LogP) is 1.89. The zero-order valence-electron chi connectivity index (χ0n) is 18.1. The van der Waals surface area contributed by atoms with E-state index in [4.69, 9.17) is 4.98 Å². The average molecular weight is 418 g/mol. The summed E-state index contributed by atoms with van der Waals surface area (Å²) in [7, 11) is -1.53. The molecule has 0 fully saturated rings. The lowest BCUT2D eigenvalue weighted by atomic mass is 9.80. The normalized spacial score (nSPS) is 11.3. The van der Waals surface area contributed by atoms with Gasteiger partial charge < -0.3 is 19.5 Å². The molecule has 0 saturated carbocycles. The van der Waals surface area contributed by atoms with Gasteiger partial charge in [-0.3, -0.25) is 4.68 Å². The van der Waals surface area contributed by atoms with E-state index in [9.17, 15) is 10.0 Å². The fourth-order valence-corrected chi connectivity index (χ4v) is 3.77.